The summed E-state index contributed by atoms with van der Waals surface area (Å²) in [5, 5.41) is 2.75. The van der Waals surface area contributed by atoms with Gasteiger partial charge in [-0.1, -0.05) is 12.1 Å². The zero-order valence-corrected chi connectivity index (χ0v) is 14.0. The number of anilines is 1. The molecule has 1 fully saturated rings. The molecule has 0 bridgehead atoms. The fourth-order valence-electron chi connectivity index (χ4n) is 3.01. The zero-order valence-electron chi connectivity index (χ0n) is 13.2. The third kappa shape index (κ3) is 5.77. The summed E-state index contributed by atoms with van der Waals surface area (Å²) in [7, 11) is -2.90. The van der Waals surface area contributed by atoms with Gasteiger partial charge in [0.25, 0.3) is 0 Å². The minimum Gasteiger partial charge on any atom is -0.326 e. The van der Waals surface area contributed by atoms with E-state index in [1.165, 1.54) is 18.7 Å². The molecule has 1 aromatic carbocycles. The number of sulfone groups is 1. The van der Waals surface area contributed by atoms with Crippen molar-refractivity contribution in [1.82, 2.24) is 4.90 Å². The SMILES string of the molecule is CC(=O)Nc1ccc(CN2CCCC(CS(C)(=O)=O)C2)cc1. The summed E-state index contributed by atoms with van der Waals surface area (Å²) in [5.41, 5.74) is 1.97. The Hall–Kier alpha value is -1.40. The number of carbonyl (C=O) groups excluding carboxylic acids is 1. The van der Waals surface area contributed by atoms with Crippen LogP contribution in [0.3, 0.4) is 0 Å². The summed E-state index contributed by atoms with van der Waals surface area (Å²) in [6, 6.07) is 7.81. The van der Waals surface area contributed by atoms with Gasteiger partial charge in [0.1, 0.15) is 9.84 Å². The molecule has 1 atom stereocenters. The summed E-state index contributed by atoms with van der Waals surface area (Å²) in [6.07, 6.45) is 3.35. The number of piperidine rings is 1. The van der Waals surface area contributed by atoms with Crippen LogP contribution in [0.25, 0.3) is 0 Å². The van der Waals surface area contributed by atoms with Crippen LogP contribution in [0, 0.1) is 5.92 Å². The molecule has 1 heterocycles. The quantitative estimate of drug-likeness (QED) is 0.898. The second-order valence-corrected chi connectivity index (χ2v) is 8.40. The molecule has 1 aliphatic heterocycles. The second-order valence-electron chi connectivity index (χ2n) is 6.21. The molecular formula is C16H24N2O3S. The molecule has 6 heteroatoms. The van der Waals surface area contributed by atoms with Gasteiger partial charge in [-0.25, -0.2) is 8.42 Å². The molecule has 22 heavy (non-hydrogen) atoms. The number of hydrogen-bond acceptors (Lipinski definition) is 4. The minimum absolute atomic E-state index is 0.0765. The van der Waals surface area contributed by atoms with Crippen LogP contribution in [0.15, 0.2) is 24.3 Å². The van der Waals surface area contributed by atoms with Crippen molar-refractivity contribution in [3.05, 3.63) is 29.8 Å². The van der Waals surface area contributed by atoms with Gasteiger partial charge in [-0.3, -0.25) is 9.69 Å². The Morgan fingerprint density at radius 3 is 2.59 bits per heavy atom. The highest BCUT2D eigenvalue weighted by Gasteiger charge is 2.23. The lowest BCUT2D eigenvalue weighted by Crippen LogP contribution is -2.37. The summed E-state index contributed by atoms with van der Waals surface area (Å²) in [6.45, 7) is 4.15. The number of rotatable bonds is 5. The molecule has 0 aromatic heterocycles. The molecule has 1 unspecified atom stereocenters. The predicted octanol–water partition coefficient (Wildman–Crippen LogP) is 1.90. The van der Waals surface area contributed by atoms with Crippen molar-refractivity contribution in [3.63, 3.8) is 0 Å². The summed E-state index contributed by atoms with van der Waals surface area (Å²) in [4.78, 5) is 13.3. The number of likely N-dealkylation sites (tertiary alicyclic amines) is 1. The maximum atomic E-state index is 11.4. The van der Waals surface area contributed by atoms with E-state index in [2.05, 4.69) is 10.2 Å². The van der Waals surface area contributed by atoms with Gasteiger partial charge in [-0.15, -0.1) is 0 Å². The van der Waals surface area contributed by atoms with Crippen LogP contribution in [0.1, 0.15) is 25.3 Å². The Kier molecular flexibility index (Phi) is 5.58. The molecule has 122 valence electrons. The monoisotopic (exact) mass is 324 g/mol. The van der Waals surface area contributed by atoms with E-state index >= 15 is 0 Å². The molecule has 1 saturated heterocycles. The maximum Gasteiger partial charge on any atom is 0.221 e. The maximum absolute atomic E-state index is 11.4. The molecule has 0 radical (unpaired) electrons. The molecule has 1 N–H and O–H groups in total. The first-order chi connectivity index (χ1) is 10.3. The number of amides is 1. The van der Waals surface area contributed by atoms with E-state index in [0.717, 1.165) is 38.2 Å². The number of nitrogens with zero attached hydrogens (tertiary/aromatic N) is 1. The van der Waals surface area contributed by atoms with Gasteiger partial charge in [0.15, 0.2) is 0 Å². The highest BCUT2D eigenvalue weighted by atomic mass is 32.2. The van der Waals surface area contributed by atoms with Gasteiger partial charge in [0, 0.05) is 32.0 Å². The van der Waals surface area contributed by atoms with Gasteiger partial charge in [-0.05, 0) is 43.0 Å². The summed E-state index contributed by atoms with van der Waals surface area (Å²) in [5.74, 6) is 0.445. The number of benzene rings is 1. The first-order valence-electron chi connectivity index (χ1n) is 7.58. The predicted molar refractivity (Wildman–Crippen MR) is 88.5 cm³/mol. The van der Waals surface area contributed by atoms with Crippen LogP contribution in [0.5, 0.6) is 0 Å². The molecule has 1 amide bonds. The Labute approximate surface area is 132 Å². The number of carbonyl (C=O) groups is 1. The highest BCUT2D eigenvalue weighted by Crippen LogP contribution is 2.20. The fraction of sp³-hybridized carbons (Fsp3) is 0.562. The van der Waals surface area contributed by atoms with Gasteiger partial charge in [0.05, 0.1) is 5.75 Å². The normalized spacial score (nSPS) is 19.8. The Balaban J connectivity index is 1.91. The first kappa shape index (κ1) is 17.0. The van der Waals surface area contributed by atoms with E-state index in [1.807, 2.05) is 24.3 Å². The van der Waals surface area contributed by atoms with Crippen LogP contribution in [-0.4, -0.2) is 44.3 Å². The van der Waals surface area contributed by atoms with E-state index < -0.39 is 9.84 Å². The molecule has 0 spiro atoms. The zero-order chi connectivity index (χ0) is 16.2. The minimum atomic E-state index is -2.90. The van der Waals surface area contributed by atoms with E-state index in [0.29, 0.717) is 0 Å². The molecule has 1 aromatic rings. The number of nitrogens with one attached hydrogen (secondary N) is 1. The molecule has 0 saturated carbocycles. The van der Waals surface area contributed by atoms with Crippen molar-refractivity contribution < 1.29 is 13.2 Å². The van der Waals surface area contributed by atoms with Gasteiger partial charge in [-0.2, -0.15) is 0 Å². The van der Waals surface area contributed by atoms with Crippen LogP contribution in [0.2, 0.25) is 0 Å². The van der Waals surface area contributed by atoms with Crippen LogP contribution in [-0.2, 0) is 21.2 Å². The van der Waals surface area contributed by atoms with Crippen molar-refractivity contribution in [2.45, 2.75) is 26.3 Å². The third-order valence-electron chi connectivity index (χ3n) is 3.82. The van der Waals surface area contributed by atoms with Crippen LogP contribution in [0.4, 0.5) is 5.69 Å². The summed E-state index contributed by atoms with van der Waals surface area (Å²) < 4.78 is 22.9. The van der Waals surface area contributed by atoms with Crippen molar-refractivity contribution in [3.8, 4) is 0 Å². The first-order valence-corrected chi connectivity index (χ1v) is 9.64. The lowest BCUT2D eigenvalue weighted by atomic mass is 9.99. The largest absolute Gasteiger partial charge is 0.326 e. The standard InChI is InChI=1S/C16H24N2O3S/c1-13(19)17-16-7-5-14(6-8-16)10-18-9-3-4-15(11-18)12-22(2,20)21/h5-8,15H,3-4,9-12H2,1-2H3,(H,17,19). The fourth-order valence-corrected chi connectivity index (χ4v) is 4.14. The lowest BCUT2D eigenvalue weighted by Gasteiger charge is -2.32. The number of hydrogen-bond donors (Lipinski definition) is 1. The van der Waals surface area contributed by atoms with Crippen molar-refractivity contribution >= 4 is 21.4 Å². The highest BCUT2D eigenvalue weighted by molar-refractivity contribution is 7.90. The molecule has 1 aliphatic rings. The van der Waals surface area contributed by atoms with E-state index in [9.17, 15) is 13.2 Å². The summed E-state index contributed by atoms with van der Waals surface area (Å²) >= 11 is 0. The molecular weight excluding hydrogens is 300 g/mol. The Morgan fingerprint density at radius 1 is 1.32 bits per heavy atom. The molecule has 2 rings (SSSR count). The third-order valence-corrected chi connectivity index (χ3v) is 4.90. The van der Waals surface area contributed by atoms with Gasteiger partial charge >= 0.3 is 0 Å². The Bertz CT molecular complexity index is 611. The molecule has 5 nitrogen and oxygen atoms in total. The Morgan fingerprint density at radius 2 is 2.00 bits per heavy atom. The van der Waals surface area contributed by atoms with E-state index in [-0.39, 0.29) is 17.6 Å². The van der Waals surface area contributed by atoms with Crippen molar-refractivity contribution in [1.29, 1.82) is 0 Å². The van der Waals surface area contributed by atoms with Crippen molar-refractivity contribution in [2.75, 3.05) is 30.4 Å². The topological polar surface area (TPSA) is 66.5 Å². The second kappa shape index (κ2) is 7.24. The van der Waals surface area contributed by atoms with Gasteiger partial charge in [0.2, 0.25) is 5.91 Å². The van der Waals surface area contributed by atoms with Crippen LogP contribution >= 0.6 is 0 Å². The molecule has 0 aliphatic carbocycles. The van der Waals surface area contributed by atoms with Gasteiger partial charge < -0.3 is 5.32 Å². The van der Waals surface area contributed by atoms with E-state index in [4.69, 9.17) is 0 Å². The average Bonchev–Trinajstić information content (AvgIpc) is 2.39. The smallest absolute Gasteiger partial charge is 0.221 e. The van der Waals surface area contributed by atoms with Crippen LogP contribution < -0.4 is 5.32 Å². The average molecular weight is 324 g/mol. The lowest BCUT2D eigenvalue weighted by molar-refractivity contribution is -0.114. The van der Waals surface area contributed by atoms with Crippen molar-refractivity contribution in [2.24, 2.45) is 5.92 Å². The van der Waals surface area contributed by atoms with E-state index in [1.54, 1.807) is 0 Å².